The largest absolute Gasteiger partial charge is 0.497 e. The predicted octanol–water partition coefficient (Wildman–Crippen LogP) is 3.62. The maximum atomic E-state index is 12.3. The second kappa shape index (κ2) is 6.85. The molecule has 9 heteroatoms. The van der Waals surface area contributed by atoms with E-state index in [4.69, 9.17) is 20.8 Å². The van der Waals surface area contributed by atoms with Crippen LogP contribution in [-0.4, -0.2) is 17.9 Å². The van der Waals surface area contributed by atoms with Gasteiger partial charge in [0.05, 0.1) is 12.0 Å². The Labute approximate surface area is 151 Å². The first-order chi connectivity index (χ1) is 12.4. The van der Waals surface area contributed by atoms with Crippen molar-refractivity contribution in [2.24, 2.45) is 0 Å². The number of nitro groups is 1. The second-order valence-corrected chi connectivity index (χ2v) is 5.64. The van der Waals surface area contributed by atoms with Gasteiger partial charge in [-0.15, -0.1) is 0 Å². The molecule has 132 valence electrons. The van der Waals surface area contributed by atoms with E-state index in [0.29, 0.717) is 16.7 Å². The molecule has 0 aliphatic carbocycles. The van der Waals surface area contributed by atoms with Crippen LogP contribution in [0.1, 0.15) is 10.4 Å². The Hall–Kier alpha value is -3.39. The number of carbonyl (C=O) groups is 1. The van der Waals surface area contributed by atoms with Gasteiger partial charge in [-0.05, 0) is 30.3 Å². The van der Waals surface area contributed by atoms with Crippen molar-refractivity contribution in [2.45, 2.75) is 0 Å². The standard InChI is InChI=1S/C17H11ClN2O6/c1-25-11-4-2-9-6-13(17(22)26-15(9)8-11)19-16(21)10-3-5-12(18)14(7-10)20(23)24/h2-8H,1H3,(H,19,21). The third-order valence-electron chi connectivity index (χ3n) is 3.60. The Morgan fingerprint density at radius 1 is 1.23 bits per heavy atom. The first-order valence-electron chi connectivity index (χ1n) is 7.26. The number of benzene rings is 2. The van der Waals surface area contributed by atoms with Crippen molar-refractivity contribution in [2.75, 3.05) is 12.4 Å². The molecule has 1 aromatic heterocycles. The number of carbonyl (C=O) groups excluding carboxylic acids is 1. The van der Waals surface area contributed by atoms with E-state index < -0.39 is 22.1 Å². The Morgan fingerprint density at radius 2 is 2.00 bits per heavy atom. The van der Waals surface area contributed by atoms with E-state index in [0.717, 1.165) is 6.07 Å². The molecule has 0 unspecified atom stereocenters. The Morgan fingerprint density at radius 3 is 2.69 bits per heavy atom. The quantitative estimate of drug-likeness (QED) is 0.424. The van der Waals surface area contributed by atoms with Crippen LogP contribution in [0.5, 0.6) is 5.75 Å². The molecule has 0 fully saturated rings. The van der Waals surface area contributed by atoms with Gasteiger partial charge in [0.2, 0.25) is 0 Å². The first-order valence-corrected chi connectivity index (χ1v) is 7.64. The van der Waals surface area contributed by atoms with Crippen LogP contribution in [-0.2, 0) is 0 Å². The number of amides is 1. The second-order valence-electron chi connectivity index (χ2n) is 5.23. The highest BCUT2D eigenvalue weighted by Crippen LogP contribution is 2.26. The van der Waals surface area contributed by atoms with Gasteiger partial charge in [0, 0.05) is 23.1 Å². The molecule has 3 aromatic rings. The molecule has 0 saturated carbocycles. The number of halogens is 1. The molecular formula is C17H11ClN2O6. The smallest absolute Gasteiger partial charge is 0.360 e. The monoisotopic (exact) mass is 374 g/mol. The van der Waals surface area contributed by atoms with Gasteiger partial charge in [-0.1, -0.05) is 11.6 Å². The zero-order chi connectivity index (χ0) is 18.8. The highest BCUT2D eigenvalue weighted by atomic mass is 35.5. The Bertz CT molecular complexity index is 1090. The maximum Gasteiger partial charge on any atom is 0.360 e. The minimum atomic E-state index is -0.762. The van der Waals surface area contributed by atoms with Crippen LogP contribution < -0.4 is 15.7 Å². The van der Waals surface area contributed by atoms with Crippen molar-refractivity contribution >= 4 is 39.9 Å². The lowest BCUT2D eigenvalue weighted by Gasteiger charge is -2.06. The predicted molar refractivity (Wildman–Crippen MR) is 95.1 cm³/mol. The van der Waals surface area contributed by atoms with Crippen LogP contribution in [0.4, 0.5) is 11.4 Å². The molecule has 1 N–H and O–H groups in total. The lowest BCUT2D eigenvalue weighted by Crippen LogP contribution is -2.18. The van der Waals surface area contributed by atoms with E-state index in [-0.39, 0.29) is 16.3 Å². The summed E-state index contributed by atoms with van der Waals surface area (Å²) in [6.45, 7) is 0. The summed E-state index contributed by atoms with van der Waals surface area (Å²) >= 11 is 5.72. The van der Waals surface area contributed by atoms with Crippen molar-refractivity contribution in [1.29, 1.82) is 0 Å². The third kappa shape index (κ3) is 3.35. The summed E-state index contributed by atoms with van der Waals surface area (Å²) in [6, 6.07) is 9.93. The molecule has 0 aliphatic rings. The van der Waals surface area contributed by atoms with Gasteiger partial charge >= 0.3 is 5.63 Å². The summed E-state index contributed by atoms with van der Waals surface area (Å²) in [5.41, 5.74) is -0.977. The van der Waals surface area contributed by atoms with Crippen LogP contribution in [0, 0.1) is 10.1 Å². The molecule has 26 heavy (non-hydrogen) atoms. The SMILES string of the molecule is COc1ccc2cc(NC(=O)c3ccc(Cl)c([N+](=O)[O-])c3)c(=O)oc2c1. The number of nitrogens with one attached hydrogen (secondary N) is 1. The number of nitrogens with zero attached hydrogens (tertiary/aromatic N) is 1. The minimum absolute atomic E-state index is 0.0182. The fourth-order valence-corrected chi connectivity index (χ4v) is 2.48. The van der Waals surface area contributed by atoms with Gasteiger partial charge in [0.15, 0.2) is 0 Å². The molecule has 0 radical (unpaired) electrons. The van der Waals surface area contributed by atoms with Crippen LogP contribution in [0.15, 0.2) is 51.7 Å². The lowest BCUT2D eigenvalue weighted by atomic mass is 10.1. The van der Waals surface area contributed by atoms with E-state index in [2.05, 4.69) is 5.32 Å². The number of ether oxygens (including phenoxy) is 1. The zero-order valence-electron chi connectivity index (χ0n) is 13.3. The lowest BCUT2D eigenvalue weighted by molar-refractivity contribution is -0.384. The molecule has 3 rings (SSSR count). The van der Waals surface area contributed by atoms with Gasteiger partial charge in [-0.3, -0.25) is 14.9 Å². The van der Waals surface area contributed by atoms with Crippen LogP contribution in [0.25, 0.3) is 11.0 Å². The van der Waals surface area contributed by atoms with Crippen molar-refractivity contribution in [1.82, 2.24) is 0 Å². The van der Waals surface area contributed by atoms with Gasteiger partial charge in [-0.25, -0.2) is 4.79 Å². The molecule has 1 heterocycles. The molecule has 0 bridgehead atoms. The summed E-state index contributed by atoms with van der Waals surface area (Å²) in [5.74, 6) is -0.184. The number of anilines is 1. The van der Waals surface area contributed by atoms with Gasteiger partial charge in [0.1, 0.15) is 22.0 Å². The molecule has 1 amide bonds. The zero-order valence-corrected chi connectivity index (χ0v) is 14.1. The number of nitro benzene ring substituents is 1. The van der Waals surface area contributed by atoms with Crippen LogP contribution >= 0.6 is 11.6 Å². The topological polar surface area (TPSA) is 112 Å². The van der Waals surface area contributed by atoms with Gasteiger partial charge in [-0.2, -0.15) is 0 Å². The fraction of sp³-hybridized carbons (Fsp3) is 0.0588. The van der Waals surface area contributed by atoms with Gasteiger partial charge < -0.3 is 14.5 Å². The number of hydrogen-bond donors (Lipinski definition) is 1. The highest BCUT2D eigenvalue weighted by Gasteiger charge is 2.17. The number of methoxy groups -OCH3 is 1. The average molecular weight is 375 g/mol. The van der Waals surface area contributed by atoms with Gasteiger partial charge in [0.25, 0.3) is 11.6 Å². The maximum absolute atomic E-state index is 12.3. The van der Waals surface area contributed by atoms with Crippen LogP contribution in [0.3, 0.4) is 0 Å². The summed E-state index contributed by atoms with van der Waals surface area (Å²) < 4.78 is 10.2. The van der Waals surface area contributed by atoms with E-state index in [1.54, 1.807) is 18.2 Å². The third-order valence-corrected chi connectivity index (χ3v) is 3.92. The summed E-state index contributed by atoms with van der Waals surface area (Å²) in [7, 11) is 1.49. The summed E-state index contributed by atoms with van der Waals surface area (Å²) in [4.78, 5) is 34.6. The first kappa shape index (κ1) is 17.4. The summed E-state index contributed by atoms with van der Waals surface area (Å²) in [6.07, 6.45) is 0. The van der Waals surface area contributed by atoms with Crippen LogP contribution in [0.2, 0.25) is 5.02 Å². The highest BCUT2D eigenvalue weighted by molar-refractivity contribution is 6.32. The molecule has 2 aromatic carbocycles. The van der Waals surface area contributed by atoms with Crippen molar-refractivity contribution < 1.29 is 18.9 Å². The van der Waals surface area contributed by atoms with E-state index in [1.165, 1.54) is 25.3 Å². The number of fused-ring (bicyclic) bond motifs is 1. The Kier molecular flexibility index (Phi) is 4.59. The molecule has 8 nitrogen and oxygen atoms in total. The number of hydrogen-bond acceptors (Lipinski definition) is 6. The van der Waals surface area contributed by atoms with E-state index >= 15 is 0 Å². The minimum Gasteiger partial charge on any atom is -0.497 e. The average Bonchev–Trinajstić information content (AvgIpc) is 2.62. The van der Waals surface area contributed by atoms with E-state index in [1.807, 2.05) is 0 Å². The van der Waals surface area contributed by atoms with Crippen molar-refractivity contribution in [3.63, 3.8) is 0 Å². The Balaban J connectivity index is 1.94. The van der Waals surface area contributed by atoms with Crippen molar-refractivity contribution in [3.8, 4) is 5.75 Å². The molecular weight excluding hydrogens is 364 g/mol. The molecule has 0 spiro atoms. The van der Waals surface area contributed by atoms with E-state index in [9.17, 15) is 19.7 Å². The summed E-state index contributed by atoms with van der Waals surface area (Å²) in [5, 5.41) is 13.8. The molecule has 0 aliphatic heterocycles. The molecule has 0 atom stereocenters. The number of rotatable bonds is 4. The normalized spacial score (nSPS) is 10.5. The molecule has 0 saturated heterocycles. The fourth-order valence-electron chi connectivity index (χ4n) is 2.29. The van der Waals surface area contributed by atoms with Crippen molar-refractivity contribution in [3.05, 3.63) is 73.6 Å².